The molecule has 0 saturated heterocycles. The number of hydrogen-bond acceptors (Lipinski definition) is 5. The molecule has 260 valence electrons. The minimum absolute atomic E-state index is 0.228. The molecule has 10 aromatic rings. The summed E-state index contributed by atoms with van der Waals surface area (Å²) in [6, 6.07) is 66.6. The standard InChI is InChI=1S/C50H33N3OS/c1-3-14-34(15-4-1)46-49-47(41-20-10-12-22-44(41)55-49)52-50(51-46)35-25-23-33(24-26-35)39-29-30-42(48-45(39)40-19-9-11-21-43(40)54-48)53(37-17-5-2-6-18-37)38-28-27-32-13-7-8-16-36(32)31-38/h1-31,50,52H. The molecule has 0 spiro atoms. The SMILES string of the molecule is c1ccc(C2=NC(c3ccc(-c4ccc(N(c5ccccc5)c5ccc6ccccc6c5)c5oc6ccccc6c45)cc3)Nc3c2sc2ccccc32)cc1. The van der Waals surface area contributed by atoms with Gasteiger partial charge in [-0.15, -0.1) is 11.3 Å². The van der Waals surface area contributed by atoms with Crippen molar-refractivity contribution >= 4 is 82.6 Å². The molecule has 0 fully saturated rings. The first-order valence-corrected chi connectivity index (χ1v) is 19.4. The molecule has 0 radical (unpaired) electrons. The maximum Gasteiger partial charge on any atom is 0.160 e. The van der Waals surface area contributed by atoms with Crippen molar-refractivity contribution in [3.63, 3.8) is 0 Å². The van der Waals surface area contributed by atoms with E-state index in [2.05, 4.69) is 192 Å². The summed E-state index contributed by atoms with van der Waals surface area (Å²) in [7, 11) is 0. The summed E-state index contributed by atoms with van der Waals surface area (Å²) < 4.78 is 8.08. The zero-order valence-corrected chi connectivity index (χ0v) is 30.5. The molecule has 0 saturated carbocycles. The molecule has 3 heterocycles. The molecule has 2 aromatic heterocycles. The summed E-state index contributed by atoms with van der Waals surface area (Å²) in [5, 5.41) is 9.63. The molecule has 1 unspecified atom stereocenters. The Labute approximate surface area is 322 Å². The summed E-state index contributed by atoms with van der Waals surface area (Å²) in [4.78, 5) is 8.84. The number of nitrogens with one attached hydrogen (secondary N) is 1. The predicted octanol–water partition coefficient (Wildman–Crippen LogP) is 14.1. The van der Waals surface area contributed by atoms with Crippen molar-refractivity contribution in [1.29, 1.82) is 0 Å². The van der Waals surface area contributed by atoms with Crippen molar-refractivity contribution < 1.29 is 4.42 Å². The van der Waals surface area contributed by atoms with E-state index < -0.39 is 0 Å². The largest absolute Gasteiger partial charge is 0.454 e. The molecule has 55 heavy (non-hydrogen) atoms. The highest BCUT2D eigenvalue weighted by atomic mass is 32.1. The Bertz CT molecular complexity index is 3070. The van der Waals surface area contributed by atoms with Crippen LogP contribution >= 0.6 is 11.3 Å². The normalized spacial score (nSPS) is 13.9. The van der Waals surface area contributed by atoms with Gasteiger partial charge in [-0.3, -0.25) is 4.99 Å². The first-order chi connectivity index (χ1) is 27.3. The summed E-state index contributed by atoms with van der Waals surface area (Å²) >= 11 is 1.80. The van der Waals surface area contributed by atoms with Crippen molar-refractivity contribution in [2.75, 3.05) is 10.2 Å². The van der Waals surface area contributed by atoms with E-state index >= 15 is 0 Å². The van der Waals surface area contributed by atoms with Gasteiger partial charge in [-0.2, -0.15) is 0 Å². The number of benzene rings is 8. The number of nitrogens with zero attached hydrogens (tertiary/aromatic N) is 2. The van der Waals surface area contributed by atoms with Gasteiger partial charge in [0.05, 0.1) is 22.0 Å². The maximum atomic E-state index is 6.82. The van der Waals surface area contributed by atoms with E-state index in [4.69, 9.17) is 9.41 Å². The lowest BCUT2D eigenvalue weighted by molar-refractivity contribution is 0.669. The number of fused-ring (bicyclic) bond motifs is 7. The molecule has 0 amide bonds. The highest BCUT2D eigenvalue weighted by Gasteiger charge is 2.27. The quantitative estimate of drug-likeness (QED) is 0.186. The van der Waals surface area contributed by atoms with Crippen LogP contribution in [-0.4, -0.2) is 5.71 Å². The molecule has 1 aliphatic heterocycles. The molecule has 1 atom stereocenters. The second-order valence-electron chi connectivity index (χ2n) is 14.0. The van der Waals surface area contributed by atoms with Gasteiger partial charge in [0.2, 0.25) is 0 Å². The van der Waals surface area contributed by atoms with Gasteiger partial charge in [-0.1, -0.05) is 146 Å². The fraction of sp³-hybridized carbons (Fsp3) is 0.0200. The first kappa shape index (κ1) is 31.6. The van der Waals surface area contributed by atoms with E-state index in [9.17, 15) is 0 Å². The number of rotatable bonds is 6. The van der Waals surface area contributed by atoms with Crippen LogP contribution in [0.4, 0.5) is 22.7 Å². The minimum Gasteiger partial charge on any atom is -0.454 e. The third kappa shape index (κ3) is 5.31. The summed E-state index contributed by atoms with van der Waals surface area (Å²) in [5.74, 6) is 0. The Morgan fingerprint density at radius 1 is 0.564 bits per heavy atom. The Kier molecular flexibility index (Phi) is 7.39. The summed E-state index contributed by atoms with van der Waals surface area (Å²) in [6.45, 7) is 0. The third-order valence-electron chi connectivity index (χ3n) is 10.7. The molecule has 1 N–H and O–H groups in total. The molecule has 11 rings (SSSR count). The second-order valence-corrected chi connectivity index (χ2v) is 15.0. The smallest absolute Gasteiger partial charge is 0.160 e. The van der Waals surface area contributed by atoms with Crippen LogP contribution in [0.1, 0.15) is 22.2 Å². The van der Waals surface area contributed by atoms with Crippen LogP contribution < -0.4 is 10.2 Å². The number of furan rings is 1. The number of aliphatic imine (C=N–C) groups is 1. The molecule has 5 heteroatoms. The Hall–Kier alpha value is -6.95. The molecule has 0 bridgehead atoms. The van der Waals surface area contributed by atoms with E-state index in [1.165, 1.54) is 25.7 Å². The average Bonchev–Trinajstić information content (AvgIpc) is 3.84. The van der Waals surface area contributed by atoms with Crippen molar-refractivity contribution in [1.82, 2.24) is 0 Å². The van der Waals surface area contributed by atoms with Crippen molar-refractivity contribution in [2.24, 2.45) is 4.99 Å². The van der Waals surface area contributed by atoms with Crippen molar-refractivity contribution in [3.05, 3.63) is 204 Å². The Morgan fingerprint density at radius 3 is 2.11 bits per heavy atom. The van der Waals surface area contributed by atoms with Crippen molar-refractivity contribution in [2.45, 2.75) is 6.17 Å². The Balaban J connectivity index is 1.04. The fourth-order valence-corrected chi connectivity index (χ4v) is 9.25. The zero-order chi connectivity index (χ0) is 36.3. The lowest BCUT2D eigenvalue weighted by Gasteiger charge is -2.26. The zero-order valence-electron chi connectivity index (χ0n) is 29.7. The van der Waals surface area contributed by atoms with Gasteiger partial charge >= 0.3 is 0 Å². The number of anilines is 4. The minimum atomic E-state index is -0.228. The molecule has 1 aliphatic rings. The van der Waals surface area contributed by atoms with E-state index in [-0.39, 0.29) is 6.17 Å². The van der Waals surface area contributed by atoms with Crippen LogP contribution in [0.15, 0.2) is 197 Å². The van der Waals surface area contributed by atoms with Gasteiger partial charge in [0.1, 0.15) is 11.7 Å². The highest BCUT2D eigenvalue weighted by molar-refractivity contribution is 7.22. The van der Waals surface area contributed by atoms with Gasteiger partial charge < -0.3 is 14.6 Å². The van der Waals surface area contributed by atoms with Crippen LogP contribution in [0, 0.1) is 0 Å². The molecule has 8 aromatic carbocycles. The highest BCUT2D eigenvalue weighted by Crippen LogP contribution is 2.47. The van der Waals surface area contributed by atoms with Crippen LogP contribution in [0.3, 0.4) is 0 Å². The van der Waals surface area contributed by atoms with E-state index in [0.29, 0.717) is 0 Å². The molecular weight excluding hydrogens is 691 g/mol. The van der Waals surface area contributed by atoms with E-state index in [0.717, 1.165) is 72.7 Å². The van der Waals surface area contributed by atoms with Crippen LogP contribution in [0.25, 0.3) is 53.9 Å². The maximum absolute atomic E-state index is 6.82. The lowest BCUT2D eigenvalue weighted by Crippen LogP contribution is -2.19. The second kappa shape index (κ2) is 12.9. The summed E-state index contributed by atoms with van der Waals surface area (Å²) in [6.07, 6.45) is -0.228. The third-order valence-corrected chi connectivity index (χ3v) is 11.9. The topological polar surface area (TPSA) is 40.8 Å². The number of thiophene rings is 1. The first-order valence-electron chi connectivity index (χ1n) is 18.6. The van der Waals surface area contributed by atoms with Crippen LogP contribution in [0.2, 0.25) is 0 Å². The van der Waals surface area contributed by atoms with E-state index in [1.54, 1.807) is 11.3 Å². The monoisotopic (exact) mass is 723 g/mol. The number of para-hydroxylation sites is 2. The van der Waals surface area contributed by atoms with Gasteiger partial charge in [-0.05, 0) is 69.9 Å². The van der Waals surface area contributed by atoms with E-state index in [1.807, 2.05) is 6.07 Å². The molecular formula is C50H33N3OS. The van der Waals surface area contributed by atoms with Gasteiger partial charge in [0.25, 0.3) is 0 Å². The van der Waals surface area contributed by atoms with Crippen LogP contribution in [-0.2, 0) is 0 Å². The molecule has 0 aliphatic carbocycles. The summed E-state index contributed by atoms with van der Waals surface area (Å²) in [5.41, 5.74) is 11.5. The Morgan fingerprint density at radius 2 is 1.27 bits per heavy atom. The van der Waals surface area contributed by atoms with Gasteiger partial charge in [0, 0.05) is 37.8 Å². The van der Waals surface area contributed by atoms with Crippen LogP contribution in [0.5, 0.6) is 0 Å². The molecule has 4 nitrogen and oxygen atoms in total. The number of hydrogen-bond donors (Lipinski definition) is 1. The van der Waals surface area contributed by atoms with Gasteiger partial charge in [-0.25, -0.2) is 0 Å². The van der Waals surface area contributed by atoms with Gasteiger partial charge in [0.15, 0.2) is 5.58 Å². The van der Waals surface area contributed by atoms with Crippen molar-refractivity contribution in [3.8, 4) is 11.1 Å². The fourth-order valence-electron chi connectivity index (χ4n) is 8.07. The predicted molar refractivity (Wildman–Crippen MR) is 232 cm³/mol. The lowest BCUT2D eigenvalue weighted by atomic mass is 9.96. The average molecular weight is 724 g/mol.